The predicted molar refractivity (Wildman–Crippen MR) is 66.2 cm³/mol. The van der Waals surface area contributed by atoms with Crippen LogP contribution in [-0.2, 0) is 23.1 Å². The van der Waals surface area contributed by atoms with Gasteiger partial charge in [0.05, 0.1) is 11.8 Å². The van der Waals surface area contributed by atoms with Crippen molar-refractivity contribution in [3.8, 4) is 6.07 Å². The Kier molecular flexibility index (Phi) is 2.24. The van der Waals surface area contributed by atoms with Gasteiger partial charge < -0.3 is 4.40 Å². The number of nitrogens with zero attached hydrogens (tertiary/aromatic N) is 3. The van der Waals surface area contributed by atoms with Crippen molar-refractivity contribution in [2.75, 3.05) is 6.26 Å². The van der Waals surface area contributed by atoms with Crippen LogP contribution in [0.1, 0.15) is 16.8 Å². The topological polar surface area (TPSA) is 65.6 Å². The van der Waals surface area contributed by atoms with E-state index in [1.165, 1.54) is 10.6 Å². The van der Waals surface area contributed by atoms with Crippen molar-refractivity contribution < 1.29 is 8.42 Å². The van der Waals surface area contributed by atoms with Gasteiger partial charge in [-0.1, -0.05) is 6.07 Å². The van der Waals surface area contributed by atoms with E-state index in [4.69, 9.17) is 5.26 Å². The summed E-state index contributed by atoms with van der Waals surface area (Å²) in [4.78, 5) is 0. The smallest absolute Gasteiger partial charge is 0.211 e. The minimum absolute atomic E-state index is 0.334. The van der Waals surface area contributed by atoms with Crippen LogP contribution < -0.4 is 0 Å². The van der Waals surface area contributed by atoms with Gasteiger partial charge in [0.1, 0.15) is 11.8 Å². The quantitative estimate of drug-likeness (QED) is 0.771. The Morgan fingerprint density at radius 3 is 2.72 bits per heavy atom. The van der Waals surface area contributed by atoms with Crippen LogP contribution in [0.3, 0.4) is 0 Å². The average Bonchev–Trinajstić information content (AvgIpc) is 2.68. The predicted octanol–water partition coefficient (Wildman–Crippen LogP) is 1.09. The van der Waals surface area contributed by atoms with Gasteiger partial charge in [0.15, 0.2) is 0 Å². The van der Waals surface area contributed by atoms with E-state index in [-0.39, 0.29) is 0 Å². The molecule has 0 fully saturated rings. The first-order valence-electron chi connectivity index (χ1n) is 5.48. The molecule has 0 saturated heterocycles. The zero-order valence-corrected chi connectivity index (χ0v) is 10.6. The van der Waals surface area contributed by atoms with Crippen molar-refractivity contribution in [1.82, 2.24) is 8.71 Å². The SMILES string of the molecule is CS(=O)(=O)N1Cc2cccn3c(C#N)cc(c23)C1. The summed E-state index contributed by atoms with van der Waals surface area (Å²) in [6.07, 6.45) is 3.04. The van der Waals surface area contributed by atoms with Gasteiger partial charge in [-0.25, -0.2) is 8.42 Å². The maximum absolute atomic E-state index is 11.6. The molecule has 0 N–H and O–H groups in total. The number of rotatable bonds is 1. The average molecular weight is 261 g/mol. The van der Waals surface area contributed by atoms with Crippen molar-refractivity contribution in [3.63, 3.8) is 0 Å². The molecule has 0 aliphatic carbocycles. The van der Waals surface area contributed by atoms with Gasteiger partial charge in [0.2, 0.25) is 10.0 Å². The van der Waals surface area contributed by atoms with Crippen molar-refractivity contribution >= 4 is 15.5 Å². The van der Waals surface area contributed by atoms with Crippen LogP contribution in [0.5, 0.6) is 0 Å². The molecule has 0 unspecified atom stereocenters. The highest BCUT2D eigenvalue weighted by atomic mass is 32.2. The van der Waals surface area contributed by atoms with E-state index < -0.39 is 10.0 Å². The molecule has 0 atom stereocenters. The monoisotopic (exact) mass is 261 g/mol. The largest absolute Gasteiger partial charge is 0.308 e. The van der Waals surface area contributed by atoms with Gasteiger partial charge in [-0.15, -0.1) is 0 Å². The van der Waals surface area contributed by atoms with E-state index in [1.54, 1.807) is 6.07 Å². The van der Waals surface area contributed by atoms with Crippen LogP contribution >= 0.6 is 0 Å². The molecule has 6 heteroatoms. The third-order valence-electron chi connectivity index (χ3n) is 3.23. The summed E-state index contributed by atoms with van der Waals surface area (Å²) in [5, 5.41) is 9.08. The molecule has 3 rings (SSSR count). The van der Waals surface area contributed by atoms with Gasteiger partial charge in [-0.3, -0.25) is 0 Å². The van der Waals surface area contributed by atoms with Crippen LogP contribution in [-0.4, -0.2) is 23.4 Å². The molecule has 0 aromatic carbocycles. The highest BCUT2D eigenvalue weighted by Crippen LogP contribution is 2.29. The zero-order chi connectivity index (χ0) is 12.9. The van der Waals surface area contributed by atoms with Crippen molar-refractivity contribution in [3.05, 3.63) is 41.2 Å². The van der Waals surface area contributed by atoms with Crippen molar-refractivity contribution in [2.45, 2.75) is 13.1 Å². The summed E-state index contributed by atoms with van der Waals surface area (Å²) in [7, 11) is -3.22. The Labute approximate surface area is 105 Å². The molecule has 92 valence electrons. The fourth-order valence-electron chi connectivity index (χ4n) is 2.42. The fourth-order valence-corrected chi connectivity index (χ4v) is 3.17. The second-order valence-electron chi connectivity index (χ2n) is 4.45. The lowest BCUT2D eigenvalue weighted by Gasteiger charge is -2.24. The summed E-state index contributed by atoms with van der Waals surface area (Å²) in [5.41, 5.74) is 3.33. The molecule has 0 saturated carbocycles. The molecule has 1 aliphatic rings. The highest BCUT2D eigenvalue weighted by molar-refractivity contribution is 7.88. The summed E-state index contributed by atoms with van der Waals surface area (Å²) in [5.74, 6) is 0. The van der Waals surface area contributed by atoms with Crippen LogP contribution in [0.15, 0.2) is 24.4 Å². The van der Waals surface area contributed by atoms with Gasteiger partial charge in [0, 0.05) is 19.3 Å². The number of sulfonamides is 1. The highest BCUT2D eigenvalue weighted by Gasteiger charge is 2.26. The Morgan fingerprint density at radius 2 is 2.06 bits per heavy atom. The summed E-state index contributed by atoms with van der Waals surface area (Å²) < 4.78 is 26.5. The van der Waals surface area contributed by atoms with Gasteiger partial charge >= 0.3 is 0 Å². The summed E-state index contributed by atoms with van der Waals surface area (Å²) in [6.45, 7) is 0.700. The molecule has 0 spiro atoms. The van der Waals surface area contributed by atoms with Crippen LogP contribution in [0.25, 0.3) is 5.52 Å². The van der Waals surface area contributed by atoms with E-state index in [9.17, 15) is 8.42 Å². The maximum atomic E-state index is 11.6. The Balaban J connectivity index is 2.26. The van der Waals surface area contributed by atoms with Gasteiger partial charge in [-0.2, -0.15) is 9.57 Å². The minimum Gasteiger partial charge on any atom is -0.308 e. The first-order valence-corrected chi connectivity index (χ1v) is 7.32. The zero-order valence-electron chi connectivity index (χ0n) is 9.79. The summed E-state index contributed by atoms with van der Waals surface area (Å²) in [6, 6.07) is 7.62. The fraction of sp³-hybridized carbons (Fsp3) is 0.250. The number of pyridine rings is 1. The standard InChI is InChI=1S/C12H11N3O2S/c1-18(16,17)14-7-9-3-2-4-15-11(6-13)5-10(8-14)12(9)15/h2-5H,7-8H2,1H3. The lowest BCUT2D eigenvalue weighted by molar-refractivity contribution is 0.399. The van der Waals surface area contributed by atoms with Gasteiger partial charge in [0.25, 0.3) is 0 Å². The number of aromatic nitrogens is 1. The van der Waals surface area contributed by atoms with Crippen molar-refractivity contribution in [1.29, 1.82) is 5.26 Å². The normalized spacial score (nSPS) is 15.8. The van der Waals surface area contributed by atoms with Crippen LogP contribution in [0, 0.1) is 11.3 Å². The van der Waals surface area contributed by atoms with E-state index in [2.05, 4.69) is 6.07 Å². The molecule has 0 radical (unpaired) electrons. The number of nitriles is 1. The molecule has 2 aromatic rings. The molecule has 0 amide bonds. The number of hydrogen-bond donors (Lipinski definition) is 0. The summed E-state index contributed by atoms with van der Waals surface area (Å²) >= 11 is 0. The number of hydrogen-bond acceptors (Lipinski definition) is 3. The molecular formula is C12H11N3O2S. The van der Waals surface area contributed by atoms with Crippen LogP contribution in [0.2, 0.25) is 0 Å². The van der Waals surface area contributed by atoms with E-state index in [0.29, 0.717) is 18.8 Å². The lowest BCUT2D eigenvalue weighted by atomic mass is 10.1. The molecule has 5 nitrogen and oxygen atoms in total. The second-order valence-corrected chi connectivity index (χ2v) is 6.43. The minimum atomic E-state index is -3.22. The molecule has 3 heterocycles. The first kappa shape index (κ1) is 11.3. The molecule has 1 aliphatic heterocycles. The van der Waals surface area contributed by atoms with E-state index >= 15 is 0 Å². The maximum Gasteiger partial charge on any atom is 0.211 e. The Morgan fingerprint density at radius 1 is 1.33 bits per heavy atom. The Bertz CT molecular complexity index is 783. The first-order chi connectivity index (χ1) is 8.50. The van der Waals surface area contributed by atoms with E-state index in [1.807, 2.05) is 22.7 Å². The third-order valence-corrected chi connectivity index (χ3v) is 4.43. The molecule has 18 heavy (non-hydrogen) atoms. The molecule has 2 aromatic heterocycles. The third kappa shape index (κ3) is 1.52. The van der Waals surface area contributed by atoms with Gasteiger partial charge in [-0.05, 0) is 23.3 Å². The lowest BCUT2D eigenvalue weighted by Crippen LogP contribution is -2.31. The van der Waals surface area contributed by atoms with Crippen molar-refractivity contribution in [2.24, 2.45) is 0 Å². The van der Waals surface area contributed by atoms with Crippen LogP contribution in [0.4, 0.5) is 0 Å². The van der Waals surface area contributed by atoms with E-state index in [0.717, 1.165) is 16.6 Å². The molecule has 0 bridgehead atoms. The second kappa shape index (κ2) is 3.57. The Hall–Kier alpha value is -1.84. The molecular weight excluding hydrogens is 250 g/mol.